The molecule has 3 aromatic rings. The van der Waals surface area contributed by atoms with Gasteiger partial charge in [-0.2, -0.15) is 0 Å². The number of hydrogen-bond acceptors (Lipinski definition) is 4. The van der Waals surface area contributed by atoms with Gasteiger partial charge in [-0.1, -0.05) is 62.2 Å². The Labute approximate surface area is 243 Å². The van der Waals surface area contributed by atoms with Crippen LogP contribution in [0.2, 0.25) is 0 Å². The topological polar surface area (TPSA) is 86.8 Å². The van der Waals surface area contributed by atoms with Crippen LogP contribution in [0, 0.1) is 26.6 Å². The number of carbonyl (C=O) groups is 2. The molecule has 0 aliphatic rings. The lowest BCUT2D eigenvalue weighted by molar-refractivity contribution is -0.140. The van der Waals surface area contributed by atoms with E-state index in [1.807, 2.05) is 33.8 Å². The summed E-state index contributed by atoms with van der Waals surface area (Å²) in [5, 5.41) is 2.90. The molecule has 3 aromatic carbocycles. The van der Waals surface area contributed by atoms with E-state index in [-0.39, 0.29) is 17.3 Å². The summed E-state index contributed by atoms with van der Waals surface area (Å²) >= 11 is 0. The lowest BCUT2D eigenvalue weighted by atomic mass is 10.1. The highest BCUT2D eigenvalue weighted by Crippen LogP contribution is 2.29. The van der Waals surface area contributed by atoms with Gasteiger partial charge >= 0.3 is 0 Å². The number of hydrogen-bond donors (Lipinski definition) is 1. The van der Waals surface area contributed by atoms with Crippen LogP contribution in [-0.2, 0) is 26.2 Å². The minimum Gasteiger partial charge on any atom is -0.354 e. The van der Waals surface area contributed by atoms with Gasteiger partial charge in [0, 0.05) is 13.1 Å². The van der Waals surface area contributed by atoms with Gasteiger partial charge in [0.2, 0.25) is 11.8 Å². The number of nitrogens with zero attached hydrogens (tertiary/aromatic N) is 2. The van der Waals surface area contributed by atoms with E-state index in [1.165, 1.54) is 29.2 Å². The maximum atomic E-state index is 14.1. The number of unbranched alkanes of at least 4 members (excludes halogenated alkanes) is 1. The average Bonchev–Trinajstić information content (AvgIpc) is 2.94. The summed E-state index contributed by atoms with van der Waals surface area (Å²) < 4.78 is 42.9. The second kappa shape index (κ2) is 14.3. The van der Waals surface area contributed by atoms with Crippen LogP contribution in [0.5, 0.6) is 0 Å². The van der Waals surface area contributed by atoms with E-state index < -0.39 is 34.3 Å². The highest BCUT2D eigenvalue weighted by molar-refractivity contribution is 7.92. The summed E-state index contributed by atoms with van der Waals surface area (Å²) in [5.41, 5.74) is 3.53. The number of halogens is 1. The average molecular weight is 582 g/mol. The van der Waals surface area contributed by atoms with Crippen molar-refractivity contribution in [3.8, 4) is 0 Å². The summed E-state index contributed by atoms with van der Waals surface area (Å²) in [7, 11) is -4.15. The second-order valence-electron chi connectivity index (χ2n) is 10.3. The molecule has 41 heavy (non-hydrogen) atoms. The molecule has 0 aliphatic heterocycles. The van der Waals surface area contributed by atoms with Gasteiger partial charge in [0.1, 0.15) is 18.4 Å². The predicted octanol–water partition coefficient (Wildman–Crippen LogP) is 5.67. The Hall–Kier alpha value is -3.72. The van der Waals surface area contributed by atoms with Crippen LogP contribution in [-0.4, -0.2) is 44.3 Å². The van der Waals surface area contributed by atoms with Crippen LogP contribution in [0.1, 0.15) is 55.4 Å². The van der Waals surface area contributed by atoms with Crippen LogP contribution in [0.25, 0.3) is 0 Å². The predicted molar refractivity (Wildman–Crippen MR) is 161 cm³/mol. The highest BCUT2D eigenvalue weighted by Gasteiger charge is 2.34. The van der Waals surface area contributed by atoms with E-state index in [2.05, 4.69) is 5.32 Å². The molecule has 0 unspecified atom stereocenters. The second-order valence-corrected chi connectivity index (χ2v) is 12.1. The SMILES string of the molecule is CCCCNC(=O)[C@H](CC)N(Cc1ccc(F)cc1)C(=O)CN(c1cccc(C)c1C)S(=O)(=O)c1ccc(C)cc1. The summed E-state index contributed by atoms with van der Waals surface area (Å²) in [4.78, 5) is 28.8. The number of nitrogens with one attached hydrogen (secondary N) is 1. The maximum absolute atomic E-state index is 14.1. The molecule has 0 bridgehead atoms. The normalized spacial score (nSPS) is 12.0. The molecule has 0 aromatic heterocycles. The molecular formula is C32H40FN3O4S. The van der Waals surface area contributed by atoms with Crippen molar-refractivity contribution in [3.63, 3.8) is 0 Å². The van der Waals surface area contributed by atoms with Crippen LogP contribution in [0.4, 0.5) is 10.1 Å². The first-order valence-electron chi connectivity index (χ1n) is 14.0. The Kier molecular flexibility index (Phi) is 11.1. The number of carbonyl (C=O) groups excluding carboxylic acids is 2. The van der Waals surface area contributed by atoms with Gasteiger partial charge in [-0.25, -0.2) is 12.8 Å². The quantitative estimate of drug-likeness (QED) is 0.264. The summed E-state index contributed by atoms with van der Waals surface area (Å²) in [6.45, 7) is 9.37. The number of benzene rings is 3. The molecule has 1 N–H and O–H groups in total. The minimum absolute atomic E-state index is 0.0179. The number of aryl methyl sites for hydroxylation is 2. The van der Waals surface area contributed by atoms with Crippen LogP contribution in [0.15, 0.2) is 71.6 Å². The third-order valence-electron chi connectivity index (χ3n) is 7.21. The molecule has 3 rings (SSSR count). The van der Waals surface area contributed by atoms with Crippen molar-refractivity contribution in [2.24, 2.45) is 0 Å². The smallest absolute Gasteiger partial charge is 0.264 e. The molecule has 1 atom stereocenters. The first kappa shape index (κ1) is 31.8. The van der Waals surface area contributed by atoms with Gasteiger partial charge in [-0.05, 0) is 80.6 Å². The van der Waals surface area contributed by atoms with E-state index in [9.17, 15) is 22.4 Å². The van der Waals surface area contributed by atoms with Crippen molar-refractivity contribution >= 4 is 27.5 Å². The van der Waals surface area contributed by atoms with Crippen LogP contribution < -0.4 is 9.62 Å². The lowest BCUT2D eigenvalue weighted by Gasteiger charge is -2.33. The van der Waals surface area contributed by atoms with Gasteiger partial charge in [0.15, 0.2) is 0 Å². The highest BCUT2D eigenvalue weighted by atomic mass is 32.2. The zero-order valence-corrected chi connectivity index (χ0v) is 25.3. The van der Waals surface area contributed by atoms with Gasteiger partial charge in [0.05, 0.1) is 10.6 Å². The van der Waals surface area contributed by atoms with Gasteiger partial charge in [0.25, 0.3) is 10.0 Å². The maximum Gasteiger partial charge on any atom is 0.264 e. The van der Waals surface area contributed by atoms with E-state index in [0.717, 1.165) is 33.8 Å². The fraction of sp³-hybridized carbons (Fsp3) is 0.375. The van der Waals surface area contributed by atoms with Gasteiger partial charge < -0.3 is 10.2 Å². The molecule has 7 nitrogen and oxygen atoms in total. The fourth-order valence-electron chi connectivity index (χ4n) is 4.57. The first-order valence-corrected chi connectivity index (χ1v) is 15.4. The van der Waals surface area contributed by atoms with E-state index in [0.29, 0.717) is 24.2 Å². The zero-order valence-electron chi connectivity index (χ0n) is 24.5. The molecule has 0 radical (unpaired) electrons. The van der Waals surface area contributed by atoms with Gasteiger partial charge in [-0.15, -0.1) is 0 Å². The van der Waals surface area contributed by atoms with Crippen molar-refractivity contribution in [2.75, 3.05) is 17.4 Å². The van der Waals surface area contributed by atoms with E-state index in [4.69, 9.17) is 0 Å². The van der Waals surface area contributed by atoms with E-state index in [1.54, 1.807) is 43.3 Å². The molecule has 220 valence electrons. The Morgan fingerprint density at radius 2 is 1.59 bits per heavy atom. The number of amides is 2. The molecule has 0 aliphatic carbocycles. The Morgan fingerprint density at radius 3 is 2.20 bits per heavy atom. The van der Waals surface area contributed by atoms with Crippen molar-refractivity contribution in [1.82, 2.24) is 10.2 Å². The van der Waals surface area contributed by atoms with Crippen molar-refractivity contribution in [1.29, 1.82) is 0 Å². The molecular weight excluding hydrogens is 541 g/mol. The Bertz CT molecular complexity index is 1440. The Morgan fingerprint density at radius 1 is 0.927 bits per heavy atom. The number of anilines is 1. The monoisotopic (exact) mass is 581 g/mol. The van der Waals surface area contributed by atoms with Gasteiger partial charge in [-0.3, -0.25) is 13.9 Å². The summed E-state index contributed by atoms with van der Waals surface area (Å²) in [6, 6.07) is 16.7. The number of sulfonamides is 1. The zero-order chi connectivity index (χ0) is 30.2. The molecule has 0 saturated heterocycles. The van der Waals surface area contributed by atoms with Crippen molar-refractivity contribution in [2.45, 2.75) is 71.4 Å². The molecule has 0 saturated carbocycles. The van der Waals surface area contributed by atoms with E-state index >= 15 is 0 Å². The lowest BCUT2D eigenvalue weighted by Crippen LogP contribution is -2.52. The molecule has 2 amide bonds. The third-order valence-corrected chi connectivity index (χ3v) is 8.99. The molecule has 0 spiro atoms. The van der Waals surface area contributed by atoms with Crippen LogP contribution in [0.3, 0.4) is 0 Å². The fourth-order valence-corrected chi connectivity index (χ4v) is 6.04. The largest absolute Gasteiger partial charge is 0.354 e. The van der Waals surface area contributed by atoms with Crippen molar-refractivity contribution in [3.05, 3.63) is 94.8 Å². The van der Waals surface area contributed by atoms with Crippen molar-refractivity contribution < 1.29 is 22.4 Å². The number of rotatable bonds is 13. The minimum atomic E-state index is -4.15. The molecule has 0 fully saturated rings. The summed E-state index contributed by atoms with van der Waals surface area (Å²) in [6.07, 6.45) is 2.01. The molecule has 9 heteroatoms. The Balaban J connectivity index is 2.07. The standard InChI is InChI=1S/C32H40FN3O4S/c1-6-8-20-34-32(38)29(7-2)35(21-26-14-16-27(33)17-15-26)31(37)22-36(30-11-9-10-24(4)25(30)5)41(39,40)28-18-12-23(3)13-19-28/h9-19,29H,6-8,20-22H2,1-5H3,(H,34,38)/t29-/m0/s1. The third kappa shape index (κ3) is 7.94. The first-order chi connectivity index (χ1) is 19.5. The van der Waals surface area contributed by atoms with Crippen LogP contribution >= 0.6 is 0 Å². The molecule has 0 heterocycles. The summed E-state index contributed by atoms with van der Waals surface area (Å²) in [5.74, 6) is -1.26.